The minimum absolute atomic E-state index is 0.0230. The summed E-state index contributed by atoms with van der Waals surface area (Å²) in [4.78, 5) is 0. The van der Waals surface area contributed by atoms with E-state index in [-0.39, 0.29) is 12.6 Å². The summed E-state index contributed by atoms with van der Waals surface area (Å²) >= 11 is 1.56. The molecule has 0 amide bonds. The molecular formula is C13H21NO2S. The molecule has 1 rings (SSSR count). The Morgan fingerprint density at radius 1 is 1.24 bits per heavy atom. The molecule has 96 valence electrons. The lowest BCUT2D eigenvalue weighted by molar-refractivity contribution is 0.113. The van der Waals surface area contributed by atoms with Gasteiger partial charge in [0.1, 0.15) is 0 Å². The van der Waals surface area contributed by atoms with Gasteiger partial charge in [-0.15, -0.1) is 0 Å². The zero-order chi connectivity index (χ0) is 12.8. The molecule has 0 aliphatic rings. The van der Waals surface area contributed by atoms with E-state index in [1.54, 1.807) is 11.8 Å². The summed E-state index contributed by atoms with van der Waals surface area (Å²) < 4.78 is 0. The molecule has 4 heteroatoms. The Bertz CT molecular complexity index is 357. The Kier molecular flexibility index (Phi) is 5.98. The number of hydrogen-bond acceptors (Lipinski definition) is 4. The Hall–Kier alpha value is -0.550. The molecule has 2 atom stereocenters. The van der Waals surface area contributed by atoms with Crippen LogP contribution in [0, 0.1) is 13.8 Å². The van der Waals surface area contributed by atoms with Crippen LogP contribution in [0.3, 0.4) is 0 Å². The van der Waals surface area contributed by atoms with Gasteiger partial charge >= 0.3 is 0 Å². The molecule has 4 N–H and O–H groups in total. The number of aliphatic hydroxyl groups excluding tert-OH is 2. The summed E-state index contributed by atoms with van der Waals surface area (Å²) in [6.45, 7) is 3.97. The summed E-state index contributed by atoms with van der Waals surface area (Å²) in [7, 11) is 0. The van der Waals surface area contributed by atoms with Crippen LogP contribution in [0.25, 0.3) is 0 Å². The minimum atomic E-state index is -0.646. The molecule has 3 nitrogen and oxygen atoms in total. The van der Waals surface area contributed by atoms with Gasteiger partial charge in [0.2, 0.25) is 0 Å². The van der Waals surface area contributed by atoms with Crippen LogP contribution in [0.1, 0.15) is 22.7 Å². The fraction of sp³-hybridized carbons (Fsp3) is 0.538. The van der Waals surface area contributed by atoms with E-state index in [9.17, 15) is 5.11 Å². The molecule has 1 aromatic rings. The minimum Gasteiger partial charge on any atom is -0.394 e. The van der Waals surface area contributed by atoms with Crippen molar-refractivity contribution in [2.45, 2.75) is 26.0 Å². The monoisotopic (exact) mass is 255 g/mol. The predicted molar refractivity (Wildman–Crippen MR) is 73.3 cm³/mol. The van der Waals surface area contributed by atoms with E-state index in [1.165, 1.54) is 11.1 Å². The van der Waals surface area contributed by atoms with E-state index in [0.717, 1.165) is 11.3 Å². The molecule has 0 saturated heterocycles. The molecule has 17 heavy (non-hydrogen) atoms. The molecule has 0 radical (unpaired) electrons. The number of benzene rings is 1. The maximum absolute atomic E-state index is 9.21. The molecule has 0 saturated carbocycles. The number of thioether (sulfide) groups is 1. The average Bonchev–Trinajstić information content (AvgIpc) is 2.32. The first-order chi connectivity index (χ1) is 8.04. The lowest BCUT2D eigenvalue weighted by Crippen LogP contribution is -2.18. The largest absolute Gasteiger partial charge is 0.394 e. The number of aryl methyl sites for hydroxylation is 2. The molecule has 0 aliphatic heterocycles. The highest BCUT2D eigenvalue weighted by atomic mass is 32.2. The smallest absolute Gasteiger partial charge is 0.0861 e. The van der Waals surface area contributed by atoms with Gasteiger partial charge in [-0.25, -0.2) is 0 Å². The van der Waals surface area contributed by atoms with Crippen LogP contribution in [-0.4, -0.2) is 34.4 Å². The lowest BCUT2D eigenvalue weighted by atomic mass is 10.0. The summed E-state index contributed by atoms with van der Waals surface area (Å²) in [6.07, 6.45) is -0.646. The zero-order valence-electron chi connectivity index (χ0n) is 10.4. The van der Waals surface area contributed by atoms with E-state index in [2.05, 4.69) is 32.0 Å². The van der Waals surface area contributed by atoms with E-state index in [0.29, 0.717) is 5.75 Å². The van der Waals surface area contributed by atoms with E-state index in [1.807, 2.05) is 0 Å². The van der Waals surface area contributed by atoms with Crippen molar-refractivity contribution in [1.82, 2.24) is 0 Å². The molecule has 1 aromatic carbocycles. The van der Waals surface area contributed by atoms with Crippen LogP contribution in [0.4, 0.5) is 0 Å². The molecular weight excluding hydrogens is 234 g/mol. The second-order valence-electron chi connectivity index (χ2n) is 4.32. The van der Waals surface area contributed by atoms with Crippen molar-refractivity contribution >= 4 is 11.8 Å². The third kappa shape index (κ3) is 4.68. The highest BCUT2D eigenvalue weighted by Crippen LogP contribution is 2.19. The van der Waals surface area contributed by atoms with Crippen LogP contribution >= 0.6 is 11.8 Å². The van der Waals surface area contributed by atoms with Gasteiger partial charge in [0.05, 0.1) is 12.7 Å². The molecule has 0 bridgehead atoms. The first-order valence-electron chi connectivity index (χ1n) is 5.74. The average molecular weight is 255 g/mol. The summed E-state index contributed by atoms with van der Waals surface area (Å²) in [5.41, 5.74) is 9.72. The van der Waals surface area contributed by atoms with Crippen molar-refractivity contribution in [3.05, 3.63) is 34.9 Å². The Balaban J connectivity index is 2.46. The standard InChI is InChI=1S/C13H21NO2S/c1-9-3-4-11(5-10(9)2)13(14)8-17-7-12(16)6-15/h3-5,12-13,15-16H,6-8,14H2,1-2H3. The van der Waals surface area contributed by atoms with Crippen LogP contribution in [0.15, 0.2) is 18.2 Å². The fourth-order valence-electron chi connectivity index (χ4n) is 1.48. The summed E-state index contributed by atoms with van der Waals surface area (Å²) in [5, 5.41) is 17.9. The lowest BCUT2D eigenvalue weighted by Gasteiger charge is -2.14. The Labute approximate surface area is 107 Å². The number of nitrogens with two attached hydrogens (primary N) is 1. The Morgan fingerprint density at radius 3 is 2.53 bits per heavy atom. The van der Waals surface area contributed by atoms with Crippen LogP contribution in [0.5, 0.6) is 0 Å². The van der Waals surface area contributed by atoms with Crippen LogP contribution in [-0.2, 0) is 0 Å². The van der Waals surface area contributed by atoms with Gasteiger partial charge < -0.3 is 15.9 Å². The van der Waals surface area contributed by atoms with E-state index >= 15 is 0 Å². The first-order valence-corrected chi connectivity index (χ1v) is 6.89. The number of aliphatic hydroxyl groups is 2. The normalized spacial score (nSPS) is 14.6. The van der Waals surface area contributed by atoms with Gasteiger partial charge in [-0.3, -0.25) is 0 Å². The van der Waals surface area contributed by atoms with Gasteiger partial charge in [0, 0.05) is 17.5 Å². The van der Waals surface area contributed by atoms with Crippen molar-refractivity contribution in [1.29, 1.82) is 0 Å². The van der Waals surface area contributed by atoms with Crippen molar-refractivity contribution in [3.8, 4) is 0 Å². The highest BCUT2D eigenvalue weighted by molar-refractivity contribution is 7.99. The maximum Gasteiger partial charge on any atom is 0.0861 e. The predicted octanol–water partition coefficient (Wildman–Crippen LogP) is 1.39. The van der Waals surface area contributed by atoms with Crippen molar-refractivity contribution in [2.24, 2.45) is 5.73 Å². The molecule has 0 aliphatic carbocycles. The van der Waals surface area contributed by atoms with Gasteiger partial charge in [0.25, 0.3) is 0 Å². The molecule has 0 fully saturated rings. The van der Waals surface area contributed by atoms with Crippen LogP contribution < -0.4 is 5.73 Å². The van der Waals surface area contributed by atoms with Gasteiger partial charge in [-0.2, -0.15) is 11.8 Å². The fourth-order valence-corrected chi connectivity index (χ4v) is 2.44. The third-order valence-electron chi connectivity index (χ3n) is 2.78. The van der Waals surface area contributed by atoms with Gasteiger partial charge in [-0.05, 0) is 30.5 Å². The second kappa shape index (κ2) is 7.01. The third-order valence-corrected chi connectivity index (χ3v) is 3.99. The van der Waals surface area contributed by atoms with Crippen molar-refractivity contribution in [3.63, 3.8) is 0 Å². The first kappa shape index (κ1) is 14.5. The zero-order valence-corrected chi connectivity index (χ0v) is 11.2. The molecule has 0 heterocycles. The van der Waals surface area contributed by atoms with Crippen molar-refractivity contribution in [2.75, 3.05) is 18.1 Å². The Morgan fingerprint density at radius 2 is 1.94 bits per heavy atom. The summed E-state index contributed by atoms with van der Waals surface area (Å²) in [6, 6.07) is 6.22. The number of hydrogen-bond donors (Lipinski definition) is 3. The summed E-state index contributed by atoms with van der Waals surface area (Å²) in [5.74, 6) is 1.27. The second-order valence-corrected chi connectivity index (χ2v) is 5.40. The molecule has 0 spiro atoms. The quantitative estimate of drug-likeness (QED) is 0.718. The van der Waals surface area contributed by atoms with E-state index in [4.69, 9.17) is 10.8 Å². The SMILES string of the molecule is Cc1ccc(C(N)CSCC(O)CO)cc1C. The van der Waals surface area contributed by atoms with Gasteiger partial charge in [-0.1, -0.05) is 18.2 Å². The van der Waals surface area contributed by atoms with Crippen LogP contribution in [0.2, 0.25) is 0 Å². The van der Waals surface area contributed by atoms with Gasteiger partial charge in [0.15, 0.2) is 0 Å². The maximum atomic E-state index is 9.21. The highest BCUT2D eigenvalue weighted by Gasteiger charge is 2.09. The molecule has 2 unspecified atom stereocenters. The number of rotatable bonds is 6. The van der Waals surface area contributed by atoms with Crippen molar-refractivity contribution < 1.29 is 10.2 Å². The van der Waals surface area contributed by atoms with E-state index < -0.39 is 6.10 Å². The molecule has 0 aromatic heterocycles. The topological polar surface area (TPSA) is 66.5 Å².